The van der Waals surface area contributed by atoms with Gasteiger partial charge in [0, 0.05) is 50.0 Å². The predicted octanol–water partition coefficient (Wildman–Crippen LogP) is 2.76. The van der Waals surface area contributed by atoms with E-state index in [0.29, 0.717) is 18.8 Å². The van der Waals surface area contributed by atoms with Crippen LogP contribution in [-0.2, 0) is 10.0 Å². The summed E-state index contributed by atoms with van der Waals surface area (Å²) >= 11 is 5.95. The highest BCUT2D eigenvalue weighted by molar-refractivity contribution is 7.89. The van der Waals surface area contributed by atoms with E-state index in [-0.39, 0.29) is 4.90 Å². The number of benzene rings is 2. The molecule has 1 aliphatic heterocycles. The average Bonchev–Trinajstić information content (AvgIpc) is 2.69. The first-order chi connectivity index (χ1) is 13.4. The number of piperazine rings is 1. The lowest BCUT2D eigenvalue weighted by Gasteiger charge is -2.36. The highest BCUT2D eigenvalue weighted by Gasteiger charge is 2.21. The minimum absolute atomic E-state index is 0.183. The molecule has 0 unspecified atom stereocenters. The Morgan fingerprint density at radius 2 is 1.75 bits per heavy atom. The fraction of sp³-hybridized carbons (Fsp3) is 0.400. The largest absolute Gasteiger partial charge is 0.495 e. The molecule has 0 atom stereocenters. The van der Waals surface area contributed by atoms with E-state index in [1.165, 1.54) is 7.11 Å². The van der Waals surface area contributed by atoms with Crippen LogP contribution in [0.1, 0.15) is 5.56 Å². The van der Waals surface area contributed by atoms with Crippen molar-refractivity contribution in [2.75, 3.05) is 51.3 Å². The van der Waals surface area contributed by atoms with Crippen LogP contribution >= 0.6 is 11.6 Å². The molecule has 2 aromatic rings. The van der Waals surface area contributed by atoms with Gasteiger partial charge < -0.3 is 9.64 Å². The maximum Gasteiger partial charge on any atom is 0.244 e. The topological polar surface area (TPSA) is 61.9 Å². The van der Waals surface area contributed by atoms with Gasteiger partial charge in [0.2, 0.25) is 10.0 Å². The summed E-state index contributed by atoms with van der Waals surface area (Å²) in [5.74, 6) is 0.356. The summed E-state index contributed by atoms with van der Waals surface area (Å²) in [6.07, 6.45) is 0. The summed E-state index contributed by atoms with van der Waals surface area (Å²) in [4.78, 5) is 4.76. The maximum absolute atomic E-state index is 12.6. The van der Waals surface area contributed by atoms with Crippen molar-refractivity contribution < 1.29 is 13.2 Å². The molecule has 0 spiro atoms. The first-order valence-corrected chi connectivity index (χ1v) is 11.1. The van der Waals surface area contributed by atoms with E-state index < -0.39 is 10.0 Å². The number of rotatable bonds is 7. The van der Waals surface area contributed by atoms with E-state index in [9.17, 15) is 8.42 Å². The first kappa shape index (κ1) is 20.9. The van der Waals surface area contributed by atoms with Crippen LogP contribution in [0, 0.1) is 6.92 Å². The van der Waals surface area contributed by atoms with Crippen LogP contribution in [0.4, 0.5) is 5.69 Å². The molecule has 28 heavy (non-hydrogen) atoms. The zero-order valence-corrected chi connectivity index (χ0v) is 17.8. The second kappa shape index (κ2) is 9.13. The summed E-state index contributed by atoms with van der Waals surface area (Å²) in [7, 11) is -2.13. The van der Waals surface area contributed by atoms with Crippen LogP contribution in [0.25, 0.3) is 0 Å². The smallest absolute Gasteiger partial charge is 0.244 e. The Hall–Kier alpha value is -1.80. The van der Waals surface area contributed by atoms with E-state index in [1.54, 1.807) is 12.1 Å². The quantitative estimate of drug-likeness (QED) is 0.742. The Kier molecular flexibility index (Phi) is 6.82. The van der Waals surface area contributed by atoms with E-state index in [4.69, 9.17) is 16.3 Å². The van der Waals surface area contributed by atoms with E-state index in [2.05, 4.69) is 14.5 Å². The third kappa shape index (κ3) is 5.17. The summed E-state index contributed by atoms with van der Waals surface area (Å²) in [5, 5.41) is 0.736. The summed E-state index contributed by atoms with van der Waals surface area (Å²) in [6, 6.07) is 13.0. The van der Waals surface area contributed by atoms with Gasteiger partial charge in [0.05, 0.1) is 7.11 Å². The molecule has 6 nitrogen and oxygen atoms in total. The molecule has 1 saturated heterocycles. The number of halogens is 1. The van der Waals surface area contributed by atoms with Gasteiger partial charge in [-0.25, -0.2) is 13.1 Å². The lowest BCUT2D eigenvalue weighted by Crippen LogP contribution is -2.48. The van der Waals surface area contributed by atoms with Crippen molar-refractivity contribution in [3.63, 3.8) is 0 Å². The van der Waals surface area contributed by atoms with Crippen LogP contribution in [-0.4, -0.2) is 59.7 Å². The molecule has 1 aliphatic rings. The number of anilines is 1. The summed E-state index contributed by atoms with van der Waals surface area (Å²) < 4.78 is 33.2. The fourth-order valence-electron chi connectivity index (χ4n) is 3.29. The van der Waals surface area contributed by atoms with Crippen molar-refractivity contribution in [2.45, 2.75) is 11.8 Å². The van der Waals surface area contributed by atoms with Gasteiger partial charge in [0.1, 0.15) is 10.6 Å². The number of ether oxygens (including phenoxy) is 1. The van der Waals surface area contributed by atoms with Crippen LogP contribution in [0.3, 0.4) is 0 Å². The van der Waals surface area contributed by atoms with Crippen LogP contribution < -0.4 is 14.4 Å². The molecule has 1 N–H and O–H groups in total. The van der Waals surface area contributed by atoms with Gasteiger partial charge in [0.25, 0.3) is 0 Å². The number of sulfonamides is 1. The Bertz CT molecular complexity index is 895. The SMILES string of the molecule is COc1ccc(C)cc1S(=O)(=O)NCCN1CCN(c2ccc(Cl)cc2)CC1. The summed E-state index contributed by atoms with van der Waals surface area (Å²) in [6.45, 7) is 6.47. The highest BCUT2D eigenvalue weighted by atomic mass is 35.5. The maximum atomic E-state index is 12.6. The van der Waals surface area contributed by atoms with Crippen LogP contribution in [0.2, 0.25) is 5.02 Å². The number of methoxy groups -OCH3 is 1. The molecule has 0 bridgehead atoms. The van der Waals surface area contributed by atoms with E-state index in [0.717, 1.165) is 42.5 Å². The molecular formula is C20H26ClN3O3S. The van der Waals surface area contributed by atoms with Crippen molar-refractivity contribution >= 4 is 27.3 Å². The van der Waals surface area contributed by atoms with E-state index >= 15 is 0 Å². The Morgan fingerprint density at radius 3 is 2.39 bits per heavy atom. The van der Waals surface area contributed by atoms with Gasteiger partial charge in [-0.2, -0.15) is 0 Å². The second-order valence-corrected chi connectivity index (χ2v) is 9.03. The monoisotopic (exact) mass is 423 g/mol. The number of nitrogens with zero attached hydrogens (tertiary/aromatic N) is 2. The lowest BCUT2D eigenvalue weighted by molar-refractivity contribution is 0.262. The van der Waals surface area contributed by atoms with Crippen molar-refractivity contribution in [3.8, 4) is 5.75 Å². The molecule has 0 saturated carbocycles. The van der Waals surface area contributed by atoms with Gasteiger partial charge in [-0.1, -0.05) is 17.7 Å². The van der Waals surface area contributed by atoms with Crippen molar-refractivity contribution in [3.05, 3.63) is 53.1 Å². The molecule has 0 radical (unpaired) electrons. The van der Waals surface area contributed by atoms with E-state index in [1.807, 2.05) is 37.3 Å². The Balaban J connectivity index is 1.50. The average molecular weight is 424 g/mol. The number of hydrogen-bond acceptors (Lipinski definition) is 5. The minimum atomic E-state index is -3.61. The van der Waals surface area contributed by atoms with Gasteiger partial charge in [0.15, 0.2) is 0 Å². The van der Waals surface area contributed by atoms with Crippen LogP contribution in [0.5, 0.6) is 5.75 Å². The molecule has 0 aliphatic carbocycles. The molecule has 3 rings (SSSR count). The zero-order valence-electron chi connectivity index (χ0n) is 16.2. The van der Waals surface area contributed by atoms with Crippen LogP contribution in [0.15, 0.2) is 47.4 Å². The predicted molar refractivity (Wildman–Crippen MR) is 113 cm³/mol. The fourth-order valence-corrected chi connectivity index (χ4v) is 4.69. The molecule has 1 fully saturated rings. The molecule has 1 heterocycles. The molecule has 0 aromatic heterocycles. The normalized spacial score (nSPS) is 15.6. The first-order valence-electron chi connectivity index (χ1n) is 9.26. The third-order valence-corrected chi connectivity index (χ3v) is 6.63. The van der Waals surface area contributed by atoms with Gasteiger partial charge in [-0.3, -0.25) is 4.90 Å². The molecular weight excluding hydrogens is 398 g/mol. The van der Waals surface area contributed by atoms with Crippen molar-refractivity contribution in [1.29, 1.82) is 0 Å². The van der Waals surface area contributed by atoms with Gasteiger partial charge in [-0.05, 0) is 48.9 Å². The Labute approximate surface area is 172 Å². The molecule has 2 aromatic carbocycles. The summed E-state index contributed by atoms with van der Waals surface area (Å²) in [5.41, 5.74) is 2.04. The van der Waals surface area contributed by atoms with Gasteiger partial charge >= 0.3 is 0 Å². The second-order valence-electron chi connectivity index (χ2n) is 6.86. The number of hydrogen-bond donors (Lipinski definition) is 1. The zero-order chi connectivity index (χ0) is 20.1. The number of aryl methyl sites for hydroxylation is 1. The van der Waals surface area contributed by atoms with Crippen molar-refractivity contribution in [1.82, 2.24) is 9.62 Å². The molecule has 8 heteroatoms. The molecule has 152 valence electrons. The third-order valence-electron chi connectivity index (χ3n) is 4.89. The molecule has 0 amide bonds. The number of nitrogens with one attached hydrogen (secondary N) is 1. The van der Waals surface area contributed by atoms with Crippen molar-refractivity contribution in [2.24, 2.45) is 0 Å². The lowest BCUT2D eigenvalue weighted by atomic mass is 10.2. The standard InChI is InChI=1S/C20H26ClN3O3S/c1-16-3-8-19(27-2)20(15-16)28(25,26)22-9-10-23-11-13-24(14-12-23)18-6-4-17(21)5-7-18/h3-8,15,22H,9-14H2,1-2H3. The highest BCUT2D eigenvalue weighted by Crippen LogP contribution is 2.24. The Morgan fingerprint density at radius 1 is 1.07 bits per heavy atom. The minimum Gasteiger partial charge on any atom is -0.495 e. The van der Waals surface area contributed by atoms with Gasteiger partial charge in [-0.15, -0.1) is 0 Å².